The number of likely N-dealkylation sites (tertiary alicyclic amines) is 2. The van der Waals surface area contributed by atoms with Crippen LogP contribution in [0.25, 0.3) is 0 Å². The van der Waals surface area contributed by atoms with Crippen molar-refractivity contribution in [1.29, 1.82) is 0 Å². The fraction of sp³-hybridized carbons (Fsp3) is 1.00. The predicted octanol–water partition coefficient (Wildman–Crippen LogP) is 5.88. The summed E-state index contributed by atoms with van der Waals surface area (Å²) in [6.07, 6.45) is 9.75. The summed E-state index contributed by atoms with van der Waals surface area (Å²) in [6.45, 7) is 44.2. The van der Waals surface area contributed by atoms with Gasteiger partial charge in [0.15, 0.2) is 0 Å². The second kappa shape index (κ2) is 23.0. The van der Waals surface area contributed by atoms with Gasteiger partial charge >= 0.3 is 0 Å². The molecule has 0 unspecified atom stereocenters. The van der Waals surface area contributed by atoms with Crippen LogP contribution >= 0.6 is 0 Å². The van der Waals surface area contributed by atoms with Crippen LogP contribution in [0.2, 0.25) is 0 Å². The molecule has 0 aromatic heterocycles. The number of piperidine rings is 2. The lowest BCUT2D eigenvalue weighted by molar-refractivity contribution is 0.0503. The third kappa shape index (κ3) is 21.6. The Kier molecular flexibility index (Phi) is 22.0. The van der Waals surface area contributed by atoms with Crippen molar-refractivity contribution in [2.45, 2.75) is 144 Å². The van der Waals surface area contributed by atoms with Crippen molar-refractivity contribution in [3.05, 3.63) is 0 Å². The van der Waals surface area contributed by atoms with E-state index in [1.807, 2.05) is 0 Å². The molecule has 0 aromatic rings. The fourth-order valence-corrected chi connectivity index (χ4v) is 7.78. The first-order chi connectivity index (χ1) is 23.8. The lowest BCUT2D eigenvalue weighted by atomic mass is 10.0. The summed E-state index contributed by atoms with van der Waals surface area (Å²) in [5, 5.41) is 0. The van der Waals surface area contributed by atoms with Gasteiger partial charge in [-0.05, 0) is 149 Å². The smallest absolute Gasteiger partial charge is 0.211 e. The number of piperazine rings is 2. The van der Waals surface area contributed by atoms with Crippen molar-refractivity contribution >= 4 is 10.0 Å². The van der Waals surface area contributed by atoms with E-state index >= 15 is 0 Å². The summed E-state index contributed by atoms with van der Waals surface area (Å²) < 4.78 is 29.1. The summed E-state index contributed by atoms with van der Waals surface area (Å²) in [6, 6.07) is 0. The van der Waals surface area contributed by atoms with Gasteiger partial charge in [0.25, 0.3) is 0 Å². The molecule has 5 aliphatic rings. The van der Waals surface area contributed by atoms with E-state index in [9.17, 15) is 8.42 Å². The Hall–Kier alpha value is -0.370. The van der Waals surface area contributed by atoms with Gasteiger partial charge in [-0.2, -0.15) is 4.31 Å². The molecule has 10 nitrogen and oxygen atoms in total. The highest BCUT2D eigenvalue weighted by Gasteiger charge is 2.29. The molecule has 11 heteroatoms. The summed E-state index contributed by atoms with van der Waals surface area (Å²) in [5.74, 6) is 0. The second-order valence-corrected chi connectivity index (χ2v) is 21.6. The van der Waals surface area contributed by atoms with Crippen LogP contribution in [0.4, 0.5) is 0 Å². The highest BCUT2D eigenvalue weighted by molar-refractivity contribution is 7.88. The molecule has 5 saturated heterocycles. The maximum absolute atomic E-state index is 11.3. The lowest BCUT2D eigenvalue weighted by Gasteiger charge is -2.41. The Balaban J connectivity index is 0.000000330. The van der Waals surface area contributed by atoms with Gasteiger partial charge < -0.3 is 14.5 Å². The summed E-state index contributed by atoms with van der Waals surface area (Å²) in [5.41, 5.74) is 1.31. The van der Waals surface area contributed by atoms with Crippen molar-refractivity contribution in [3.63, 3.8) is 0 Å². The first-order valence-corrected chi connectivity index (χ1v) is 22.6. The molecule has 0 spiro atoms. The Bertz CT molecular complexity index is 985. The monoisotopic (exact) mass is 760 g/mol. The molecule has 5 aliphatic heterocycles. The van der Waals surface area contributed by atoms with Gasteiger partial charge in [-0.3, -0.25) is 19.6 Å². The third-order valence-electron chi connectivity index (χ3n) is 11.0. The average Bonchev–Trinajstić information content (AvgIpc) is 3.05. The van der Waals surface area contributed by atoms with Gasteiger partial charge in [-0.25, -0.2) is 8.42 Å². The highest BCUT2D eigenvalue weighted by atomic mass is 32.2. The lowest BCUT2D eigenvalue weighted by Crippen LogP contribution is -2.54. The number of morpholine rings is 1. The number of sulfonamides is 1. The molecule has 0 aliphatic carbocycles. The molecule has 5 rings (SSSR count). The number of likely N-dealkylation sites (N-methyl/N-ethyl adjacent to an activating group) is 2. The van der Waals surface area contributed by atoms with Crippen LogP contribution in [-0.4, -0.2) is 189 Å². The zero-order valence-electron chi connectivity index (χ0n) is 37.3. The maximum atomic E-state index is 11.3. The molecule has 5 heterocycles. The van der Waals surface area contributed by atoms with Crippen LogP contribution in [0.15, 0.2) is 0 Å². The first-order valence-electron chi connectivity index (χ1n) is 20.7. The van der Waals surface area contributed by atoms with Gasteiger partial charge in [0.1, 0.15) is 0 Å². The summed E-state index contributed by atoms with van der Waals surface area (Å²) in [4.78, 5) is 14.7. The Morgan fingerprint density at radius 2 is 0.654 bits per heavy atom. The van der Waals surface area contributed by atoms with E-state index < -0.39 is 10.0 Å². The number of rotatable bonds is 1. The maximum Gasteiger partial charge on any atom is 0.211 e. The van der Waals surface area contributed by atoms with Crippen molar-refractivity contribution < 1.29 is 13.2 Å². The van der Waals surface area contributed by atoms with E-state index in [0.29, 0.717) is 29.7 Å². The Morgan fingerprint density at radius 1 is 0.385 bits per heavy atom. The number of hydrogen-bond donors (Lipinski definition) is 0. The van der Waals surface area contributed by atoms with E-state index in [1.165, 1.54) is 97.1 Å². The second-order valence-electron chi connectivity index (χ2n) is 19.6. The van der Waals surface area contributed by atoms with Gasteiger partial charge in [0.2, 0.25) is 10.0 Å². The van der Waals surface area contributed by atoms with Crippen molar-refractivity contribution in [1.82, 2.24) is 33.7 Å². The topological polar surface area (TPSA) is 66.1 Å². The molecule has 312 valence electrons. The van der Waals surface area contributed by atoms with Gasteiger partial charge in [-0.1, -0.05) is 12.8 Å². The van der Waals surface area contributed by atoms with Crippen LogP contribution in [0.5, 0.6) is 0 Å². The first kappa shape index (κ1) is 49.6. The Morgan fingerprint density at radius 3 is 0.885 bits per heavy atom. The molecule has 0 radical (unpaired) electrons. The molecule has 0 amide bonds. The number of ether oxygens (including phenoxy) is 1. The van der Waals surface area contributed by atoms with E-state index in [0.717, 1.165) is 39.4 Å². The standard InChI is InChI=1S/C9H20N2O2S.C9H20N2.2C9H19N.C5H11NO/c1-9(2,3)10-5-7-11(8-6-10)14(4,12)13;1-9(2,3)11-7-5-10(4)6-8-11;2*1-9(2,3)10-7-5-4-6-8-10;1-6-2-4-7-5-3-6/h5-8H2,1-4H3;5-8H2,1-4H3;2*4-8H2,1-3H3;2-5H2,1H3. The fourth-order valence-electron chi connectivity index (χ4n) is 6.95. The van der Waals surface area contributed by atoms with Gasteiger partial charge in [0.05, 0.1) is 19.5 Å². The quantitative estimate of drug-likeness (QED) is 0.326. The van der Waals surface area contributed by atoms with Crippen LogP contribution in [0, 0.1) is 0 Å². The van der Waals surface area contributed by atoms with Crippen molar-refractivity contribution in [2.24, 2.45) is 0 Å². The highest BCUT2D eigenvalue weighted by Crippen LogP contribution is 2.20. The minimum atomic E-state index is -2.99. The van der Waals surface area contributed by atoms with E-state index in [4.69, 9.17) is 4.74 Å². The largest absolute Gasteiger partial charge is 0.379 e. The van der Waals surface area contributed by atoms with Crippen molar-refractivity contribution in [2.75, 3.05) is 125 Å². The van der Waals surface area contributed by atoms with Crippen LogP contribution in [0.3, 0.4) is 0 Å². The van der Waals surface area contributed by atoms with Crippen LogP contribution < -0.4 is 0 Å². The van der Waals surface area contributed by atoms with E-state index in [1.54, 1.807) is 4.31 Å². The summed E-state index contributed by atoms with van der Waals surface area (Å²) in [7, 11) is 1.32. The molecule has 0 N–H and O–H groups in total. The minimum Gasteiger partial charge on any atom is -0.379 e. The predicted molar refractivity (Wildman–Crippen MR) is 225 cm³/mol. The van der Waals surface area contributed by atoms with E-state index in [2.05, 4.69) is 127 Å². The zero-order valence-corrected chi connectivity index (χ0v) is 38.1. The number of nitrogens with zero attached hydrogens (tertiary/aromatic N) is 7. The molecule has 5 fully saturated rings. The Labute approximate surface area is 325 Å². The van der Waals surface area contributed by atoms with Gasteiger partial charge in [-0.15, -0.1) is 0 Å². The summed E-state index contributed by atoms with van der Waals surface area (Å²) >= 11 is 0. The third-order valence-corrected chi connectivity index (χ3v) is 12.3. The SMILES string of the molecule is CC(C)(C)N1CCCCC1.CC(C)(C)N1CCCCC1.CC(C)(C)N1CCN(S(C)(=O)=O)CC1.CN1CCN(C(C)(C)C)CC1.CN1CCOCC1. The van der Waals surface area contributed by atoms with Crippen LogP contribution in [0.1, 0.15) is 122 Å². The molecule has 0 saturated carbocycles. The van der Waals surface area contributed by atoms with Crippen molar-refractivity contribution in [3.8, 4) is 0 Å². The molecule has 0 bridgehead atoms. The van der Waals surface area contributed by atoms with Crippen LogP contribution in [-0.2, 0) is 14.8 Å². The zero-order chi connectivity index (χ0) is 39.8. The number of hydrogen-bond acceptors (Lipinski definition) is 9. The molecular formula is C41H89N7O3S. The molecule has 0 atom stereocenters. The minimum absolute atomic E-state index is 0.142. The average molecular weight is 760 g/mol. The molecule has 0 aromatic carbocycles. The molecular weight excluding hydrogens is 671 g/mol. The molecule has 52 heavy (non-hydrogen) atoms. The normalized spacial score (nSPS) is 23.4. The van der Waals surface area contributed by atoms with Gasteiger partial charge in [0, 0.05) is 87.6 Å². The van der Waals surface area contributed by atoms with E-state index in [-0.39, 0.29) is 5.54 Å².